The number of hydrogen-bond donors (Lipinski definition) is 4. The molecule has 0 bridgehead atoms. The van der Waals surface area contributed by atoms with Crippen LogP contribution < -0.4 is 26.3 Å². The minimum absolute atomic E-state index is 0.109. The van der Waals surface area contributed by atoms with Crippen LogP contribution in [0.25, 0.3) is 21.4 Å². The summed E-state index contributed by atoms with van der Waals surface area (Å²) in [6.45, 7) is 8.69. The first-order valence-electron chi connectivity index (χ1n) is 17.4. The van der Waals surface area contributed by atoms with E-state index in [1.165, 1.54) is 29.7 Å². The van der Waals surface area contributed by atoms with Gasteiger partial charge in [-0.15, -0.1) is 0 Å². The van der Waals surface area contributed by atoms with Gasteiger partial charge in [0.15, 0.2) is 10.4 Å². The summed E-state index contributed by atoms with van der Waals surface area (Å²) in [5.41, 5.74) is 14.8. The molecule has 0 radical (unpaired) electrons. The zero-order chi connectivity index (χ0) is 39.4. The van der Waals surface area contributed by atoms with Crippen LogP contribution in [0.4, 0.5) is 5.95 Å². The Hall–Kier alpha value is -6.47. The Morgan fingerprint density at radius 2 is 1.56 bits per heavy atom. The van der Waals surface area contributed by atoms with Crippen LogP contribution in [-0.4, -0.2) is 80.6 Å². The summed E-state index contributed by atoms with van der Waals surface area (Å²) in [6.07, 6.45) is 5.36. The molecule has 0 fully saturated rings. The van der Waals surface area contributed by atoms with Gasteiger partial charge in [-0.1, -0.05) is 23.5 Å². The minimum atomic E-state index is -0.693. The highest BCUT2D eigenvalue weighted by atomic mass is 32.1. The minimum Gasteiger partial charge on any atom is -0.491 e. The highest BCUT2D eigenvalue weighted by Gasteiger charge is 2.22. The van der Waals surface area contributed by atoms with Crippen molar-refractivity contribution in [2.75, 3.05) is 18.5 Å². The van der Waals surface area contributed by atoms with Crippen LogP contribution in [0.2, 0.25) is 0 Å². The average Bonchev–Trinajstić information content (AvgIpc) is 3.92. The second-order valence-electron chi connectivity index (χ2n) is 12.4. The van der Waals surface area contributed by atoms with Crippen molar-refractivity contribution in [2.24, 2.45) is 16.5 Å². The highest BCUT2D eigenvalue weighted by Crippen LogP contribution is 2.31. The lowest BCUT2D eigenvalue weighted by atomic mass is 10.1. The Kier molecular flexibility index (Phi) is 11.3. The molecule has 0 aliphatic carbocycles. The number of thiazole rings is 1. The predicted molar refractivity (Wildman–Crippen MR) is 204 cm³/mol. The average molecular weight is 769 g/mol. The Morgan fingerprint density at radius 1 is 0.909 bits per heavy atom. The van der Waals surface area contributed by atoms with Crippen molar-refractivity contribution in [3.63, 3.8) is 0 Å². The van der Waals surface area contributed by atoms with E-state index in [1.807, 2.05) is 26.0 Å². The molecule has 6 aromatic rings. The number of nitrogens with two attached hydrogens (primary N) is 2. The zero-order valence-corrected chi connectivity index (χ0v) is 31.5. The van der Waals surface area contributed by atoms with Crippen LogP contribution in [0, 0.1) is 13.8 Å². The number of carbonyl (C=O) groups excluding carboxylic acids is 4. The maximum Gasteiger partial charge on any atom is 0.297 e. The van der Waals surface area contributed by atoms with Gasteiger partial charge >= 0.3 is 0 Å². The molecule has 18 nitrogen and oxygen atoms in total. The van der Waals surface area contributed by atoms with Crippen molar-refractivity contribution in [3.8, 4) is 5.75 Å². The van der Waals surface area contributed by atoms with Crippen molar-refractivity contribution < 1.29 is 29.0 Å². The summed E-state index contributed by atoms with van der Waals surface area (Å²) in [4.78, 5) is 65.2. The number of fused-ring (bicyclic) bond motifs is 2. The van der Waals surface area contributed by atoms with Gasteiger partial charge in [0.05, 0.1) is 33.8 Å². The van der Waals surface area contributed by atoms with Crippen LogP contribution >= 0.6 is 11.3 Å². The molecule has 0 spiro atoms. The number of imidazole rings is 1. The van der Waals surface area contributed by atoms with Crippen molar-refractivity contribution >= 4 is 62.3 Å². The van der Waals surface area contributed by atoms with E-state index in [0.717, 1.165) is 0 Å². The lowest BCUT2D eigenvalue weighted by Crippen LogP contribution is -2.20. The smallest absolute Gasteiger partial charge is 0.297 e. The number of primary amides is 2. The van der Waals surface area contributed by atoms with Crippen molar-refractivity contribution in [1.29, 1.82) is 0 Å². The molecule has 55 heavy (non-hydrogen) atoms. The number of pyridine rings is 1. The molecule has 19 heteroatoms. The summed E-state index contributed by atoms with van der Waals surface area (Å²) in [5.74, 6) is -1.82. The first kappa shape index (κ1) is 38.3. The number of aromatic nitrogens is 8. The zero-order valence-electron chi connectivity index (χ0n) is 30.6. The second-order valence-corrected chi connectivity index (χ2v) is 13.4. The number of allylic oxidation sites excluding steroid dienone is 2. The van der Waals surface area contributed by atoms with E-state index in [0.29, 0.717) is 68.5 Å². The van der Waals surface area contributed by atoms with Gasteiger partial charge in [-0.3, -0.25) is 38.4 Å². The molecule has 0 saturated carbocycles. The van der Waals surface area contributed by atoms with Crippen LogP contribution in [0.5, 0.6) is 5.75 Å². The van der Waals surface area contributed by atoms with E-state index < -0.39 is 23.6 Å². The molecular formula is C36H40N12O6S. The number of anilines is 1. The van der Waals surface area contributed by atoms with E-state index in [9.17, 15) is 24.3 Å². The summed E-state index contributed by atoms with van der Waals surface area (Å²) < 4.78 is 13.2. The Balaban J connectivity index is 1.41. The Labute approximate surface area is 317 Å². The lowest BCUT2D eigenvalue weighted by molar-refractivity contribution is 0.0982. The summed E-state index contributed by atoms with van der Waals surface area (Å²) in [7, 11) is 0. The molecule has 6 rings (SSSR count). The van der Waals surface area contributed by atoms with Crippen molar-refractivity contribution in [1.82, 2.24) is 38.7 Å². The number of nitrogens with one attached hydrogen (secondary N) is 1. The molecule has 0 aliphatic heterocycles. The summed E-state index contributed by atoms with van der Waals surface area (Å²) >= 11 is 1.18. The third kappa shape index (κ3) is 8.06. The van der Waals surface area contributed by atoms with Crippen molar-refractivity contribution in [3.05, 3.63) is 87.4 Å². The number of amides is 4. The molecule has 0 saturated heterocycles. The normalized spacial score (nSPS) is 12.0. The van der Waals surface area contributed by atoms with Gasteiger partial charge in [0.25, 0.3) is 11.8 Å². The molecule has 4 amide bonds. The number of carbonyl (C=O) groups is 4. The van der Waals surface area contributed by atoms with E-state index in [4.69, 9.17) is 16.2 Å². The van der Waals surface area contributed by atoms with E-state index >= 15 is 0 Å². The Bertz CT molecular complexity index is 2550. The first-order valence-corrected chi connectivity index (χ1v) is 18.2. The second kappa shape index (κ2) is 16.3. The SMILES string of the molecule is CCn1nc(C)cc1C(=O)N=c1sc2cc(C(N)=O)cnc2n1C/C=C/Cn1c(NC(=O)c2cc(C)nn2CC)nc2cc(C(N)=O)cc(OCCCO)c21. The maximum atomic E-state index is 13.6. The van der Waals surface area contributed by atoms with Gasteiger partial charge in [-0.05, 0) is 58.0 Å². The predicted octanol–water partition coefficient (Wildman–Crippen LogP) is 2.71. The van der Waals surface area contributed by atoms with E-state index in [2.05, 4.69) is 30.5 Å². The van der Waals surface area contributed by atoms with E-state index in [1.54, 1.807) is 50.5 Å². The van der Waals surface area contributed by atoms with Gasteiger partial charge in [-0.25, -0.2) is 9.97 Å². The molecule has 0 atom stereocenters. The van der Waals surface area contributed by atoms with Gasteiger partial charge < -0.3 is 25.9 Å². The number of aliphatic hydroxyl groups is 1. The molecule has 5 heterocycles. The molecule has 0 aliphatic rings. The van der Waals surface area contributed by atoms with E-state index in [-0.39, 0.29) is 49.1 Å². The van der Waals surface area contributed by atoms with Gasteiger partial charge in [0, 0.05) is 51.0 Å². The monoisotopic (exact) mass is 768 g/mol. The topological polar surface area (TPSA) is 245 Å². The third-order valence-corrected chi connectivity index (χ3v) is 9.49. The maximum absolute atomic E-state index is 13.6. The fourth-order valence-corrected chi connectivity index (χ4v) is 6.98. The number of benzene rings is 1. The number of aliphatic hydroxyl groups excluding tert-OH is 1. The molecular weight excluding hydrogens is 729 g/mol. The lowest BCUT2D eigenvalue weighted by Gasteiger charge is -2.12. The highest BCUT2D eigenvalue weighted by molar-refractivity contribution is 7.16. The first-order chi connectivity index (χ1) is 26.4. The molecule has 1 aromatic carbocycles. The molecule has 0 unspecified atom stereocenters. The largest absolute Gasteiger partial charge is 0.491 e. The number of hydrogen-bond acceptors (Lipinski definition) is 11. The van der Waals surface area contributed by atoms with Crippen molar-refractivity contribution in [2.45, 2.75) is 60.3 Å². The van der Waals surface area contributed by atoms with Crippen LogP contribution in [0.15, 0.2) is 53.7 Å². The standard InChI is InChI=1S/C36H40N12O6S/c1-5-47-25(14-20(3)43-47)33(52)41-35-40-24-16-22(30(37)50)17-27(54-13-9-12-49)29(24)45(35)10-7-8-11-46-32-28(18-23(19-39-32)31(38)51)55-36(46)42-34(53)26-15-21(4)44-48(26)6-2/h7-8,14-19,49H,5-6,9-13H2,1-4H3,(H2,37,50)(H2,38,51)(H,40,41,52)/b8-7+,42-36?. The van der Waals surface area contributed by atoms with Crippen LogP contribution in [0.3, 0.4) is 0 Å². The fraction of sp³-hybridized carbons (Fsp3) is 0.306. The van der Waals surface area contributed by atoms with Gasteiger partial charge in [0.1, 0.15) is 22.7 Å². The van der Waals surface area contributed by atoms with Crippen LogP contribution in [-0.2, 0) is 26.2 Å². The number of ether oxygens (including phenoxy) is 1. The quantitative estimate of drug-likeness (QED) is 0.0879. The molecule has 6 N–H and O–H groups in total. The number of rotatable bonds is 15. The molecule has 5 aromatic heterocycles. The van der Waals surface area contributed by atoms with Crippen LogP contribution in [0.1, 0.15) is 73.3 Å². The summed E-state index contributed by atoms with van der Waals surface area (Å²) in [6, 6.07) is 7.97. The fourth-order valence-electron chi connectivity index (χ4n) is 5.94. The number of nitrogens with zero attached hydrogens (tertiary/aromatic N) is 9. The van der Waals surface area contributed by atoms with Gasteiger partial charge in [0.2, 0.25) is 17.8 Å². The molecule has 286 valence electrons. The summed E-state index contributed by atoms with van der Waals surface area (Å²) in [5, 5.41) is 21.0. The third-order valence-electron chi connectivity index (χ3n) is 8.48. The number of aryl methyl sites for hydroxylation is 4. The van der Waals surface area contributed by atoms with Gasteiger partial charge in [-0.2, -0.15) is 15.2 Å². The Morgan fingerprint density at radius 3 is 2.22 bits per heavy atom.